The fourth-order valence-electron chi connectivity index (χ4n) is 3.06. The number of aryl methyl sites for hydroxylation is 2. The Labute approximate surface area is 165 Å². The third kappa shape index (κ3) is 6.39. The molecule has 0 aromatic heterocycles. The molecular formula is C22H27N3O3. The van der Waals surface area contributed by atoms with Crippen LogP contribution in [0.2, 0.25) is 0 Å². The van der Waals surface area contributed by atoms with Gasteiger partial charge in [-0.05, 0) is 56.0 Å². The van der Waals surface area contributed by atoms with Crippen LogP contribution < -0.4 is 16.0 Å². The average Bonchev–Trinajstić information content (AvgIpc) is 3.21. The van der Waals surface area contributed by atoms with E-state index in [0.29, 0.717) is 30.8 Å². The molecule has 6 heteroatoms. The van der Waals surface area contributed by atoms with Crippen LogP contribution in [0.5, 0.6) is 0 Å². The Morgan fingerprint density at radius 1 is 1.00 bits per heavy atom. The standard InChI is InChI=1S/C22H27N3O3/c1-16-4-6-17(7-5-16)8-13-21(26)24-18-9-11-19(12-10-18)25-22(27)23-15-20-3-2-14-28-20/h4-7,9-12,20H,2-3,8,13-15H2,1H3,(H,24,26)(H2,23,25,27). The number of benzene rings is 2. The van der Waals surface area contributed by atoms with Crippen molar-refractivity contribution in [2.45, 2.75) is 38.7 Å². The molecule has 1 aliphatic rings. The van der Waals surface area contributed by atoms with E-state index in [2.05, 4.69) is 28.1 Å². The fraction of sp³-hybridized carbons (Fsp3) is 0.364. The van der Waals surface area contributed by atoms with Crippen LogP contribution >= 0.6 is 0 Å². The van der Waals surface area contributed by atoms with Crippen molar-refractivity contribution in [2.24, 2.45) is 0 Å². The fourth-order valence-corrected chi connectivity index (χ4v) is 3.06. The number of carbonyl (C=O) groups excluding carboxylic acids is 2. The summed E-state index contributed by atoms with van der Waals surface area (Å²) in [4.78, 5) is 24.0. The summed E-state index contributed by atoms with van der Waals surface area (Å²) >= 11 is 0. The van der Waals surface area contributed by atoms with Gasteiger partial charge in [0.25, 0.3) is 0 Å². The minimum atomic E-state index is -0.259. The smallest absolute Gasteiger partial charge is 0.319 e. The van der Waals surface area contributed by atoms with Gasteiger partial charge in [0.2, 0.25) is 5.91 Å². The molecule has 0 saturated carbocycles. The molecular weight excluding hydrogens is 354 g/mol. The molecule has 6 nitrogen and oxygen atoms in total. The van der Waals surface area contributed by atoms with Gasteiger partial charge in [-0.25, -0.2) is 4.79 Å². The Kier molecular flexibility index (Phi) is 7.03. The lowest BCUT2D eigenvalue weighted by molar-refractivity contribution is -0.116. The highest BCUT2D eigenvalue weighted by molar-refractivity contribution is 5.92. The zero-order valence-electron chi connectivity index (χ0n) is 16.2. The predicted octanol–water partition coefficient (Wildman–Crippen LogP) is 3.87. The van der Waals surface area contributed by atoms with Crippen molar-refractivity contribution < 1.29 is 14.3 Å². The number of amides is 3. The van der Waals surface area contributed by atoms with Crippen molar-refractivity contribution in [1.29, 1.82) is 0 Å². The first kappa shape index (κ1) is 19.9. The van der Waals surface area contributed by atoms with E-state index in [1.807, 2.05) is 19.1 Å². The number of hydrogen-bond acceptors (Lipinski definition) is 3. The number of ether oxygens (including phenoxy) is 1. The molecule has 3 rings (SSSR count). The maximum Gasteiger partial charge on any atom is 0.319 e. The average molecular weight is 381 g/mol. The van der Waals surface area contributed by atoms with Crippen molar-refractivity contribution in [3.05, 3.63) is 59.7 Å². The van der Waals surface area contributed by atoms with Gasteiger partial charge in [0.05, 0.1) is 6.10 Å². The third-order valence-corrected chi connectivity index (χ3v) is 4.70. The lowest BCUT2D eigenvalue weighted by atomic mass is 10.1. The molecule has 3 amide bonds. The summed E-state index contributed by atoms with van der Waals surface area (Å²) in [7, 11) is 0. The number of anilines is 2. The summed E-state index contributed by atoms with van der Waals surface area (Å²) in [5.74, 6) is -0.0319. The van der Waals surface area contributed by atoms with E-state index in [1.165, 1.54) is 5.56 Å². The quantitative estimate of drug-likeness (QED) is 0.681. The number of urea groups is 1. The van der Waals surface area contributed by atoms with Crippen LogP contribution in [-0.4, -0.2) is 31.2 Å². The van der Waals surface area contributed by atoms with Crippen LogP contribution in [-0.2, 0) is 16.0 Å². The summed E-state index contributed by atoms with van der Waals surface area (Å²) in [5, 5.41) is 8.47. The monoisotopic (exact) mass is 381 g/mol. The van der Waals surface area contributed by atoms with Gasteiger partial charge in [-0.1, -0.05) is 29.8 Å². The summed E-state index contributed by atoms with van der Waals surface area (Å²) < 4.78 is 5.48. The second kappa shape index (κ2) is 9.90. The van der Waals surface area contributed by atoms with Gasteiger partial charge in [-0.3, -0.25) is 4.79 Å². The van der Waals surface area contributed by atoms with Crippen molar-refractivity contribution in [1.82, 2.24) is 5.32 Å². The van der Waals surface area contributed by atoms with Crippen molar-refractivity contribution in [3.8, 4) is 0 Å². The molecule has 0 radical (unpaired) electrons. The first-order valence-corrected chi connectivity index (χ1v) is 9.70. The van der Waals surface area contributed by atoms with Gasteiger partial charge < -0.3 is 20.7 Å². The van der Waals surface area contributed by atoms with Crippen molar-refractivity contribution in [2.75, 3.05) is 23.8 Å². The zero-order chi connectivity index (χ0) is 19.8. The third-order valence-electron chi connectivity index (χ3n) is 4.70. The Balaban J connectivity index is 1.39. The molecule has 0 aliphatic carbocycles. The highest BCUT2D eigenvalue weighted by Crippen LogP contribution is 2.15. The van der Waals surface area contributed by atoms with Crippen molar-refractivity contribution in [3.63, 3.8) is 0 Å². The minimum Gasteiger partial charge on any atom is -0.376 e. The molecule has 148 valence electrons. The summed E-state index contributed by atoms with van der Waals surface area (Å²) in [6, 6.07) is 15.0. The molecule has 28 heavy (non-hydrogen) atoms. The van der Waals surface area contributed by atoms with E-state index in [0.717, 1.165) is 25.0 Å². The van der Waals surface area contributed by atoms with E-state index < -0.39 is 0 Å². The molecule has 1 unspecified atom stereocenters. The van der Waals surface area contributed by atoms with E-state index in [9.17, 15) is 9.59 Å². The maximum absolute atomic E-state index is 12.1. The van der Waals surface area contributed by atoms with Crippen LogP contribution in [0.15, 0.2) is 48.5 Å². The Morgan fingerprint density at radius 3 is 2.32 bits per heavy atom. The largest absolute Gasteiger partial charge is 0.376 e. The minimum absolute atomic E-state index is 0.0319. The Morgan fingerprint density at radius 2 is 1.68 bits per heavy atom. The summed E-state index contributed by atoms with van der Waals surface area (Å²) in [5.41, 5.74) is 3.73. The molecule has 1 fully saturated rings. The number of hydrogen-bond donors (Lipinski definition) is 3. The molecule has 0 spiro atoms. The molecule has 2 aromatic carbocycles. The Bertz CT molecular complexity index is 782. The van der Waals surface area contributed by atoms with E-state index in [1.54, 1.807) is 24.3 Å². The van der Waals surface area contributed by atoms with Crippen molar-refractivity contribution >= 4 is 23.3 Å². The van der Waals surface area contributed by atoms with Crippen LogP contribution in [0, 0.1) is 6.92 Å². The molecule has 1 heterocycles. The van der Waals surface area contributed by atoms with E-state index in [-0.39, 0.29) is 18.0 Å². The van der Waals surface area contributed by atoms with Crippen LogP contribution in [0.1, 0.15) is 30.4 Å². The van der Waals surface area contributed by atoms with Crippen LogP contribution in [0.3, 0.4) is 0 Å². The molecule has 1 atom stereocenters. The Hall–Kier alpha value is -2.86. The maximum atomic E-state index is 12.1. The SMILES string of the molecule is Cc1ccc(CCC(=O)Nc2ccc(NC(=O)NCC3CCCO3)cc2)cc1. The second-order valence-electron chi connectivity index (χ2n) is 7.08. The highest BCUT2D eigenvalue weighted by Gasteiger charge is 2.16. The van der Waals surface area contributed by atoms with E-state index >= 15 is 0 Å². The molecule has 1 saturated heterocycles. The summed E-state index contributed by atoms with van der Waals surface area (Å²) in [6.45, 7) is 3.33. The first-order chi connectivity index (χ1) is 13.6. The van der Waals surface area contributed by atoms with E-state index in [4.69, 9.17) is 4.74 Å². The number of carbonyl (C=O) groups is 2. The topological polar surface area (TPSA) is 79.5 Å². The normalized spacial score (nSPS) is 15.8. The molecule has 1 aliphatic heterocycles. The number of nitrogens with one attached hydrogen (secondary N) is 3. The van der Waals surface area contributed by atoms with Gasteiger partial charge in [0, 0.05) is 30.9 Å². The van der Waals surface area contributed by atoms with Gasteiger partial charge in [-0.15, -0.1) is 0 Å². The first-order valence-electron chi connectivity index (χ1n) is 9.70. The predicted molar refractivity (Wildman–Crippen MR) is 111 cm³/mol. The summed E-state index contributed by atoms with van der Waals surface area (Å²) in [6.07, 6.45) is 3.28. The molecule has 2 aromatic rings. The lowest BCUT2D eigenvalue weighted by Crippen LogP contribution is -2.35. The van der Waals surface area contributed by atoms with Crippen LogP contribution in [0.25, 0.3) is 0 Å². The second-order valence-corrected chi connectivity index (χ2v) is 7.08. The van der Waals surface area contributed by atoms with Crippen LogP contribution in [0.4, 0.5) is 16.2 Å². The lowest BCUT2D eigenvalue weighted by Gasteiger charge is -2.12. The van der Waals surface area contributed by atoms with Gasteiger partial charge in [0.15, 0.2) is 0 Å². The van der Waals surface area contributed by atoms with Gasteiger partial charge in [-0.2, -0.15) is 0 Å². The van der Waals surface area contributed by atoms with Gasteiger partial charge in [0.1, 0.15) is 0 Å². The number of rotatable bonds is 7. The molecule has 0 bridgehead atoms. The zero-order valence-corrected chi connectivity index (χ0v) is 16.2. The van der Waals surface area contributed by atoms with Gasteiger partial charge >= 0.3 is 6.03 Å². The molecule has 3 N–H and O–H groups in total. The highest BCUT2D eigenvalue weighted by atomic mass is 16.5.